The van der Waals surface area contributed by atoms with Crippen molar-refractivity contribution >= 4 is 10.9 Å². The first-order chi connectivity index (χ1) is 9.79. The first kappa shape index (κ1) is 12.8. The Hall–Kier alpha value is -2.19. The number of nitrogens with two attached hydrogens (primary N) is 1. The van der Waals surface area contributed by atoms with Crippen LogP contribution in [0.4, 0.5) is 0 Å². The van der Waals surface area contributed by atoms with Gasteiger partial charge in [0.05, 0.1) is 11.6 Å². The van der Waals surface area contributed by atoms with E-state index in [1.807, 2.05) is 30.5 Å². The van der Waals surface area contributed by atoms with Crippen LogP contribution in [0.5, 0.6) is 0 Å². The molecule has 1 unspecified atom stereocenters. The molecule has 3 aromatic rings. The molecule has 0 saturated heterocycles. The molecule has 100 valence electrons. The zero-order valence-electron chi connectivity index (χ0n) is 11.6. The Balaban J connectivity index is 2.05. The van der Waals surface area contributed by atoms with Crippen LogP contribution in [0.2, 0.25) is 0 Å². The molecule has 0 spiro atoms. The third-order valence-electron chi connectivity index (χ3n) is 3.76. The number of para-hydroxylation sites is 1. The van der Waals surface area contributed by atoms with Crippen molar-refractivity contribution in [1.82, 2.24) is 4.98 Å². The predicted molar refractivity (Wildman–Crippen MR) is 83.6 cm³/mol. The Morgan fingerprint density at radius 1 is 1.00 bits per heavy atom. The van der Waals surface area contributed by atoms with Crippen LogP contribution in [0.25, 0.3) is 10.9 Å². The molecule has 20 heavy (non-hydrogen) atoms. The smallest absolute Gasteiger partial charge is 0.0705 e. The molecule has 1 atom stereocenters. The summed E-state index contributed by atoms with van der Waals surface area (Å²) < 4.78 is 0. The molecular formula is C18H18N2. The van der Waals surface area contributed by atoms with Crippen molar-refractivity contribution in [2.45, 2.75) is 19.4 Å². The van der Waals surface area contributed by atoms with Gasteiger partial charge in [0.25, 0.3) is 0 Å². The molecule has 0 fully saturated rings. The fourth-order valence-corrected chi connectivity index (χ4v) is 2.53. The number of hydrogen-bond donors (Lipinski definition) is 1. The predicted octanol–water partition coefficient (Wildman–Crippen LogP) is 3.85. The summed E-state index contributed by atoms with van der Waals surface area (Å²) in [6.07, 6.45) is 2.88. The van der Waals surface area contributed by atoms with Crippen molar-refractivity contribution < 1.29 is 0 Å². The molecule has 2 N–H and O–H groups in total. The van der Waals surface area contributed by atoms with Gasteiger partial charge in [0.2, 0.25) is 0 Å². The average molecular weight is 262 g/mol. The van der Waals surface area contributed by atoms with Gasteiger partial charge in [0.15, 0.2) is 0 Å². The highest BCUT2D eigenvalue weighted by Crippen LogP contribution is 2.26. The lowest BCUT2D eigenvalue weighted by atomic mass is 9.95. The van der Waals surface area contributed by atoms with E-state index in [0.29, 0.717) is 0 Å². The minimum Gasteiger partial charge on any atom is -0.320 e. The van der Waals surface area contributed by atoms with Crippen LogP contribution in [-0.2, 0) is 6.42 Å². The normalized spacial score (nSPS) is 12.5. The van der Waals surface area contributed by atoms with E-state index in [1.165, 1.54) is 5.56 Å². The van der Waals surface area contributed by atoms with Crippen molar-refractivity contribution in [3.05, 3.63) is 77.5 Å². The van der Waals surface area contributed by atoms with Crippen LogP contribution in [0.3, 0.4) is 0 Å². The monoisotopic (exact) mass is 262 g/mol. The van der Waals surface area contributed by atoms with Gasteiger partial charge in [-0.15, -0.1) is 0 Å². The molecule has 3 rings (SSSR count). The van der Waals surface area contributed by atoms with Crippen molar-refractivity contribution in [2.75, 3.05) is 0 Å². The summed E-state index contributed by atoms with van der Waals surface area (Å²) >= 11 is 0. The van der Waals surface area contributed by atoms with Crippen LogP contribution >= 0.6 is 0 Å². The fraction of sp³-hybridized carbons (Fsp3) is 0.167. The van der Waals surface area contributed by atoms with Gasteiger partial charge in [0, 0.05) is 11.6 Å². The van der Waals surface area contributed by atoms with E-state index >= 15 is 0 Å². The zero-order chi connectivity index (χ0) is 13.9. The molecule has 0 radical (unpaired) electrons. The Labute approximate surface area is 119 Å². The van der Waals surface area contributed by atoms with E-state index in [4.69, 9.17) is 5.73 Å². The van der Waals surface area contributed by atoms with Crippen LogP contribution in [-0.4, -0.2) is 4.98 Å². The van der Waals surface area contributed by atoms with E-state index in [-0.39, 0.29) is 6.04 Å². The molecule has 2 nitrogen and oxygen atoms in total. The molecule has 0 saturated carbocycles. The number of aryl methyl sites for hydroxylation is 1. The second-order valence-corrected chi connectivity index (χ2v) is 4.99. The lowest BCUT2D eigenvalue weighted by Crippen LogP contribution is -2.12. The summed E-state index contributed by atoms with van der Waals surface area (Å²) in [5.74, 6) is 0. The van der Waals surface area contributed by atoms with Gasteiger partial charge in [-0.3, -0.25) is 4.98 Å². The van der Waals surface area contributed by atoms with Gasteiger partial charge in [0.1, 0.15) is 0 Å². The summed E-state index contributed by atoms with van der Waals surface area (Å²) in [7, 11) is 0. The van der Waals surface area contributed by atoms with Gasteiger partial charge < -0.3 is 5.73 Å². The molecule has 0 aliphatic carbocycles. The number of fused-ring (bicyclic) bond motifs is 1. The number of rotatable bonds is 3. The van der Waals surface area contributed by atoms with Crippen LogP contribution in [0, 0.1) is 0 Å². The number of hydrogen-bond acceptors (Lipinski definition) is 2. The maximum atomic E-state index is 6.45. The Morgan fingerprint density at radius 2 is 1.75 bits per heavy atom. The summed E-state index contributed by atoms with van der Waals surface area (Å²) in [4.78, 5) is 4.39. The highest BCUT2D eigenvalue weighted by Gasteiger charge is 2.12. The average Bonchev–Trinajstić information content (AvgIpc) is 2.54. The minimum atomic E-state index is -0.117. The molecule has 0 amide bonds. The van der Waals surface area contributed by atoms with E-state index in [2.05, 4.69) is 42.2 Å². The maximum Gasteiger partial charge on any atom is 0.0705 e. The van der Waals surface area contributed by atoms with E-state index in [0.717, 1.165) is 28.5 Å². The standard InChI is InChI=1S/C18H18N2/c1-2-13-7-9-14(10-8-13)18(19)16-11-12-20-17-6-4-3-5-15(16)17/h3-12,18H,2,19H2,1H3. The molecule has 0 aliphatic heterocycles. The Morgan fingerprint density at radius 3 is 2.50 bits per heavy atom. The molecular weight excluding hydrogens is 244 g/mol. The lowest BCUT2D eigenvalue weighted by molar-refractivity contribution is 0.877. The first-order valence-corrected chi connectivity index (χ1v) is 6.97. The lowest BCUT2D eigenvalue weighted by Gasteiger charge is -2.15. The van der Waals surface area contributed by atoms with Crippen LogP contribution < -0.4 is 5.73 Å². The summed E-state index contributed by atoms with van der Waals surface area (Å²) in [6, 6.07) is 18.6. The molecule has 0 bridgehead atoms. The summed E-state index contributed by atoms with van der Waals surface area (Å²) in [5.41, 5.74) is 11.0. The second kappa shape index (κ2) is 5.43. The molecule has 2 heteroatoms. The number of aromatic nitrogens is 1. The van der Waals surface area contributed by atoms with Crippen molar-refractivity contribution in [3.63, 3.8) is 0 Å². The van der Waals surface area contributed by atoms with Gasteiger partial charge in [-0.1, -0.05) is 49.4 Å². The SMILES string of the molecule is CCc1ccc(C(N)c2ccnc3ccccc23)cc1. The zero-order valence-corrected chi connectivity index (χ0v) is 11.6. The van der Waals surface area contributed by atoms with E-state index in [9.17, 15) is 0 Å². The van der Waals surface area contributed by atoms with Gasteiger partial charge in [-0.2, -0.15) is 0 Å². The molecule has 1 heterocycles. The Kier molecular flexibility index (Phi) is 3.48. The number of benzene rings is 2. The van der Waals surface area contributed by atoms with Crippen molar-refractivity contribution in [3.8, 4) is 0 Å². The quantitative estimate of drug-likeness (QED) is 0.778. The maximum absolute atomic E-state index is 6.45. The first-order valence-electron chi connectivity index (χ1n) is 6.97. The van der Waals surface area contributed by atoms with E-state index < -0.39 is 0 Å². The summed E-state index contributed by atoms with van der Waals surface area (Å²) in [6.45, 7) is 2.16. The Bertz CT molecular complexity index is 712. The molecule has 2 aromatic carbocycles. The van der Waals surface area contributed by atoms with Gasteiger partial charge in [-0.05, 0) is 35.2 Å². The van der Waals surface area contributed by atoms with Crippen molar-refractivity contribution in [2.24, 2.45) is 5.73 Å². The highest BCUT2D eigenvalue weighted by molar-refractivity contribution is 5.82. The molecule has 1 aromatic heterocycles. The third kappa shape index (κ3) is 2.30. The number of nitrogens with zero attached hydrogens (tertiary/aromatic N) is 1. The largest absolute Gasteiger partial charge is 0.320 e. The topological polar surface area (TPSA) is 38.9 Å². The highest BCUT2D eigenvalue weighted by atomic mass is 14.7. The van der Waals surface area contributed by atoms with Gasteiger partial charge in [-0.25, -0.2) is 0 Å². The molecule has 0 aliphatic rings. The van der Waals surface area contributed by atoms with E-state index in [1.54, 1.807) is 0 Å². The fourth-order valence-electron chi connectivity index (χ4n) is 2.53. The van der Waals surface area contributed by atoms with Crippen LogP contribution in [0.1, 0.15) is 29.7 Å². The third-order valence-corrected chi connectivity index (χ3v) is 3.76. The van der Waals surface area contributed by atoms with Gasteiger partial charge >= 0.3 is 0 Å². The van der Waals surface area contributed by atoms with Crippen LogP contribution in [0.15, 0.2) is 60.8 Å². The minimum absolute atomic E-state index is 0.117. The second-order valence-electron chi connectivity index (χ2n) is 4.99. The summed E-state index contributed by atoms with van der Waals surface area (Å²) in [5, 5.41) is 1.13. The number of pyridine rings is 1. The van der Waals surface area contributed by atoms with Crippen molar-refractivity contribution in [1.29, 1.82) is 0 Å².